The van der Waals surface area contributed by atoms with Crippen LogP contribution in [0.5, 0.6) is 5.75 Å². The van der Waals surface area contributed by atoms with E-state index in [1.807, 2.05) is 0 Å². The number of ether oxygens (including phenoxy) is 2. The lowest BCUT2D eigenvalue weighted by molar-refractivity contribution is -0.137. The van der Waals surface area contributed by atoms with Crippen LogP contribution < -0.4 is 10.1 Å². The van der Waals surface area contributed by atoms with E-state index in [1.165, 1.54) is 13.2 Å². The smallest absolute Gasteiger partial charge is 0.335 e. The van der Waals surface area contributed by atoms with Crippen molar-refractivity contribution in [2.45, 2.75) is 32.1 Å². The first-order valence-electron chi connectivity index (χ1n) is 8.20. The molecule has 6 nitrogen and oxygen atoms in total. The number of carbonyl (C=O) groups is 2. The summed E-state index contributed by atoms with van der Waals surface area (Å²) >= 11 is 0. The van der Waals surface area contributed by atoms with Gasteiger partial charge >= 0.3 is 5.97 Å². The summed E-state index contributed by atoms with van der Waals surface area (Å²) in [7, 11) is 3.16. The van der Waals surface area contributed by atoms with Crippen molar-refractivity contribution in [1.82, 2.24) is 5.32 Å². The minimum Gasteiger partial charge on any atom is -0.496 e. The lowest BCUT2D eigenvalue weighted by Crippen LogP contribution is -2.46. The van der Waals surface area contributed by atoms with Gasteiger partial charge in [-0.15, -0.1) is 0 Å². The van der Waals surface area contributed by atoms with Crippen LogP contribution >= 0.6 is 0 Å². The van der Waals surface area contributed by atoms with E-state index in [9.17, 15) is 9.59 Å². The van der Waals surface area contributed by atoms with Gasteiger partial charge in [0.2, 0.25) is 5.91 Å². The first kappa shape index (κ1) is 18.3. The van der Waals surface area contributed by atoms with E-state index in [-0.39, 0.29) is 16.9 Å². The Hall–Kier alpha value is -2.08. The summed E-state index contributed by atoms with van der Waals surface area (Å²) in [6.45, 7) is 1.09. The van der Waals surface area contributed by atoms with Crippen LogP contribution in [0, 0.1) is 5.41 Å². The van der Waals surface area contributed by atoms with Crippen molar-refractivity contribution < 1.29 is 24.2 Å². The average molecular weight is 335 g/mol. The van der Waals surface area contributed by atoms with Crippen LogP contribution in [0.3, 0.4) is 0 Å². The molecule has 1 fully saturated rings. The molecule has 1 aromatic rings. The molecule has 2 N–H and O–H groups in total. The number of carboxylic acid groups (broad SMARTS) is 1. The molecule has 1 aliphatic rings. The van der Waals surface area contributed by atoms with Gasteiger partial charge in [0.25, 0.3) is 0 Å². The van der Waals surface area contributed by atoms with Crippen LogP contribution in [-0.2, 0) is 16.0 Å². The van der Waals surface area contributed by atoms with Crippen molar-refractivity contribution in [2.24, 2.45) is 5.41 Å². The SMILES string of the molecule is COCCC1(C(=O)NCCc2ccc(C(=O)O)cc2OC)CCC1. The Labute approximate surface area is 142 Å². The molecule has 0 unspecified atom stereocenters. The second-order valence-corrected chi connectivity index (χ2v) is 6.21. The monoisotopic (exact) mass is 335 g/mol. The van der Waals surface area contributed by atoms with Gasteiger partial charge in [-0.05, 0) is 43.4 Å². The standard InChI is InChI=1S/C18H25NO5/c1-23-11-9-18(7-3-8-18)17(22)19-10-6-13-4-5-14(16(20)21)12-15(13)24-2/h4-5,12H,3,6-11H2,1-2H3,(H,19,22)(H,20,21). The first-order valence-corrected chi connectivity index (χ1v) is 8.20. The molecule has 24 heavy (non-hydrogen) atoms. The molecule has 0 radical (unpaired) electrons. The van der Waals surface area contributed by atoms with Crippen molar-refractivity contribution in [1.29, 1.82) is 0 Å². The first-order chi connectivity index (χ1) is 11.5. The van der Waals surface area contributed by atoms with Crippen LogP contribution in [0.15, 0.2) is 18.2 Å². The number of methoxy groups -OCH3 is 2. The summed E-state index contributed by atoms with van der Waals surface area (Å²) in [5.41, 5.74) is 0.794. The largest absolute Gasteiger partial charge is 0.496 e. The second-order valence-electron chi connectivity index (χ2n) is 6.21. The van der Waals surface area contributed by atoms with Gasteiger partial charge in [-0.25, -0.2) is 4.79 Å². The molecular formula is C18H25NO5. The fourth-order valence-corrected chi connectivity index (χ4v) is 3.07. The molecule has 1 saturated carbocycles. The molecule has 2 rings (SSSR count). The summed E-state index contributed by atoms with van der Waals surface area (Å²) in [6, 6.07) is 4.79. The van der Waals surface area contributed by atoms with Gasteiger partial charge in [0, 0.05) is 20.3 Å². The van der Waals surface area contributed by atoms with Crippen LogP contribution in [-0.4, -0.2) is 44.4 Å². The zero-order valence-electron chi connectivity index (χ0n) is 14.3. The minimum absolute atomic E-state index is 0.0897. The number of rotatable bonds is 9. The summed E-state index contributed by atoms with van der Waals surface area (Å²) in [5.74, 6) is -0.368. The Bertz CT molecular complexity index is 595. The topological polar surface area (TPSA) is 84.9 Å². The fourth-order valence-electron chi connectivity index (χ4n) is 3.07. The Morgan fingerprint density at radius 3 is 2.58 bits per heavy atom. The normalized spacial score (nSPS) is 15.4. The van der Waals surface area contributed by atoms with Gasteiger partial charge in [0.05, 0.1) is 18.1 Å². The number of hydrogen-bond acceptors (Lipinski definition) is 4. The Morgan fingerprint density at radius 1 is 1.29 bits per heavy atom. The van der Waals surface area contributed by atoms with Gasteiger partial charge in [0.15, 0.2) is 0 Å². The molecule has 0 saturated heterocycles. The van der Waals surface area contributed by atoms with Gasteiger partial charge in [0.1, 0.15) is 5.75 Å². The third-order valence-corrected chi connectivity index (χ3v) is 4.79. The molecule has 0 spiro atoms. The zero-order valence-corrected chi connectivity index (χ0v) is 14.3. The Kier molecular flexibility index (Phi) is 6.20. The van der Waals surface area contributed by atoms with Crippen molar-refractivity contribution in [3.05, 3.63) is 29.3 Å². The maximum Gasteiger partial charge on any atom is 0.335 e. The number of amides is 1. The van der Waals surface area contributed by atoms with Crippen LogP contribution in [0.2, 0.25) is 0 Å². The summed E-state index contributed by atoms with van der Waals surface area (Å²) in [4.78, 5) is 23.5. The fraction of sp³-hybridized carbons (Fsp3) is 0.556. The van der Waals surface area contributed by atoms with Crippen molar-refractivity contribution in [2.75, 3.05) is 27.4 Å². The van der Waals surface area contributed by atoms with E-state index < -0.39 is 5.97 Å². The summed E-state index contributed by atoms with van der Waals surface area (Å²) in [5, 5.41) is 12.0. The van der Waals surface area contributed by atoms with E-state index in [1.54, 1.807) is 19.2 Å². The molecule has 1 aliphatic carbocycles. The molecule has 0 bridgehead atoms. The number of nitrogens with one attached hydrogen (secondary N) is 1. The number of aromatic carboxylic acids is 1. The second kappa shape index (κ2) is 8.15. The summed E-state index contributed by atoms with van der Waals surface area (Å²) < 4.78 is 10.4. The highest BCUT2D eigenvalue weighted by atomic mass is 16.5. The number of benzene rings is 1. The molecule has 6 heteroatoms. The van der Waals surface area contributed by atoms with E-state index in [2.05, 4.69) is 5.32 Å². The molecule has 1 aromatic carbocycles. The molecule has 0 aromatic heterocycles. The quantitative estimate of drug-likeness (QED) is 0.723. The molecular weight excluding hydrogens is 310 g/mol. The Balaban J connectivity index is 1.91. The van der Waals surface area contributed by atoms with Gasteiger partial charge in [-0.1, -0.05) is 12.5 Å². The highest BCUT2D eigenvalue weighted by Crippen LogP contribution is 2.44. The van der Waals surface area contributed by atoms with Crippen molar-refractivity contribution in [3.63, 3.8) is 0 Å². The molecule has 0 aliphatic heterocycles. The predicted molar refractivity (Wildman–Crippen MR) is 89.4 cm³/mol. The molecule has 1 amide bonds. The lowest BCUT2D eigenvalue weighted by Gasteiger charge is -2.40. The van der Waals surface area contributed by atoms with Crippen LogP contribution in [0.1, 0.15) is 41.6 Å². The highest BCUT2D eigenvalue weighted by molar-refractivity contribution is 5.88. The van der Waals surface area contributed by atoms with Crippen molar-refractivity contribution in [3.8, 4) is 5.75 Å². The third kappa shape index (κ3) is 4.06. The van der Waals surface area contributed by atoms with Crippen LogP contribution in [0.4, 0.5) is 0 Å². The van der Waals surface area contributed by atoms with Crippen molar-refractivity contribution >= 4 is 11.9 Å². The number of carbonyl (C=O) groups excluding carboxylic acids is 1. The average Bonchev–Trinajstić information content (AvgIpc) is 2.54. The zero-order chi connectivity index (χ0) is 17.6. The maximum absolute atomic E-state index is 12.5. The number of carboxylic acids is 1. The van der Waals surface area contributed by atoms with Gasteiger partial charge in [-0.2, -0.15) is 0 Å². The molecule has 132 valence electrons. The van der Waals surface area contributed by atoms with E-state index in [4.69, 9.17) is 14.6 Å². The maximum atomic E-state index is 12.5. The van der Waals surface area contributed by atoms with E-state index in [0.29, 0.717) is 25.3 Å². The van der Waals surface area contributed by atoms with Gasteiger partial charge in [-0.3, -0.25) is 4.79 Å². The highest BCUT2D eigenvalue weighted by Gasteiger charge is 2.43. The van der Waals surface area contributed by atoms with E-state index >= 15 is 0 Å². The minimum atomic E-state index is -0.988. The van der Waals surface area contributed by atoms with Crippen LogP contribution in [0.25, 0.3) is 0 Å². The van der Waals surface area contributed by atoms with E-state index in [0.717, 1.165) is 31.2 Å². The molecule has 0 atom stereocenters. The molecule has 0 heterocycles. The number of hydrogen-bond donors (Lipinski definition) is 2. The third-order valence-electron chi connectivity index (χ3n) is 4.79. The lowest BCUT2D eigenvalue weighted by atomic mass is 9.66. The Morgan fingerprint density at radius 2 is 2.04 bits per heavy atom. The summed E-state index contributed by atoms with van der Waals surface area (Å²) in [6.07, 6.45) is 4.26. The predicted octanol–water partition coefficient (Wildman–Crippen LogP) is 2.26. The van der Waals surface area contributed by atoms with Gasteiger partial charge < -0.3 is 19.9 Å².